The number of sulfonamides is 1. The molecule has 0 bridgehead atoms. The van der Waals surface area contributed by atoms with Crippen LogP contribution in [0.15, 0.2) is 64.2 Å². The van der Waals surface area contributed by atoms with Gasteiger partial charge in [0.15, 0.2) is 5.82 Å². The lowest BCUT2D eigenvalue weighted by atomic mass is 10.1. The molecule has 1 aromatic heterocycles. The van der Waals surface area contributed by atoms with E-state index in [0.717, 1.165) is 38.4 Å². The number of benzene rings is 2. The molecule has 1 N–H and O–H groups in total. The topological polar surface area (TPSA) is 105 Å². The molecular weight excluding hydrogens is 499 g/mol. The molecule has 11 heteroatoms. The van der Waals surface area contributed by atoms with Crippen molar-refractivity contribution in [3.05, 3.63) is 71.7 Å². The first-order valence-electron chi connectivity index (χ1n) is 12.0. The number of anilines is 2. The van der Waals surface area contributed by atoms with Gasteiger partial charge in [0.2, 0.25) is 0 Å². The quantitative estimate of drug-likeness (QED) is 0.458. The van der Waals surface area contributed by atoms with Gasteiger partial charge in [-0.05, 0) is 57.4 Å². The first-order valence-corrected chi connectivity index (χ1v) is 13.4. The van der Waals surface area contributed by atoms with E-state index in [4.69, 9.17) is 9.26 Å². The average molecular weight is 531 g/mol. The van der Waals surface area contributed by atoms with Crippen LogP contribution in [-0.4, -0.2) is 49.3 Å². The lowest BCUT2D eigenvalue weighted by Gasteiger charge is -2.25. The highest BCUT2D eigenvalue weighted by Crippen LogP contribution is 2.31. The second-order valence-corrected chi connectivity index (χ2v) is 11.8. The fourth-order valence-electron chi connectivity index (χ4n) is 4.19. The lowest BCUT2D eigenvalue weighted by molar-refractivity contribution is 0.0607. The molecule has 0 aliphatic carbocycles. The average Bonchev–Trinajstić information content (AvgIpc) is 3.48. The van der Waals surface area contributed by atoms with Crippen LogP contribution < -0.4 is 9.62 Å². The summed E-state index contributed by atoms with van der Waals surface area (Å²) in [5, 5.41) is 6.91. The Balaban J connectivity index is 1.54. The number of hydrogen-bond donors (Lipinski definition) is 1. The number of ether oxygens (including phenoxy) is 1. The van der Waals surface area contributed by atoms with E-state index in [1.807, 2.05) is 18.2 Å². The number of amides is 1. The van der Waals surface area contributed by atoms with Crippen molar-refractivity contribution in [2.45, 2.75) is 57.2 Å². The molecule has 1 aliphatic heterocycles. The zero-order chi connectivity index (χ0) is 26.8. The summed E-state index contributed by atoms with van der Waals surface area (Å²) >= 11 is 0. The second-order valence-electron chi connectivity index (χ2n) is 10.1. The van der Waals surface area contributed by atoms with Gasteiger partial charge >= 0.3 is 6.09 Å². The summed E-state index contributed by atoms with van der Waals surface area (Å²) in [7, 11) is -4.71. The monoisotopic (exact) mass is 530 g/mol. The van der Waals surface area contributed by atoms with Gasteiger partial charge < -0.3 is 14.6 Å². The molecule has 1 saturated heterocycles. The summed E-state index contributed by atoms with van der Waals surface area (Å²) in [6.07, 6.45) is 0.761. The van der Waals surface area contributed by atoms with E-state index in [-0.39, 0.29) is 11.9 Å². The van der Waals surface area contributed by atoms with Gasteiger partial charge in [-0.15, -0.1) is 4.31 Å². The second kappa shape index (κ2) is 10.5. The van der Waals surface area contributed by atoms with Gasteiger partial charge in [-0.3, -0.25) is 4.90 Å². The van der Waals surface area contributed by atoms with Crippen molar-refractivity contribution >= 4 is 27.6 Å². The van der Waals surface area contributed by atoms with Gasteiger partial charge in [0.25, 0.3) is 10.0 Å². The summed E-state index contributed by atoms with van der Waals surface area (Å²) in [5.74, 6) is -1.33. The SMILES string of the molecule is Cc1cc(S(=O)(=O)N(C(=O)OC(C)(C)C)c2ccon2)c(F)cc1N[C@H]1CCN(Cc2ccccc2)C1. The van der Waals surface area contributed by atoms with E-state index < -0.39 is 32.4 Å². The zero-order valence-corrected chi connectivity index (χ0v) is 22.1. The van der Waals surface area contributed by atoms with Crippen molar-refractivity contribution in [1.29, 1.82) is 0 Å². The number of likely N-dealkylation sites (tertiary alicyclic amines) is 1. The number of halogens is 1. The Morgan fingerprint density at radius 1 is 1.24 bits per heavy atom. The van der Waals surface area contributed by atoms with Crippen LogP contribution in [0.3, 0.4) is 0 Å². The van der Waals surface area contributed by atoms with Crippen molar-refractivity contribution in [1.82, 2.24) is 10.1 Å². The first-order chi connectivity index (χ1) is 17.4. The number of hydrogen-bond acceptors (Lipinski definition) is 8. The third-order valence-electron chi connectivity index (χ3n) is 5.87. The summed E-state index contributed by atoms with van der Waals surface area (Å²) in [4.78, 5) is 14.5. The number of rotatable bonds is 7. The Kier molecular flexibility index (Phi) is 7.56. The van der Waals surface area contributed by atoms with Crippen LogP contribution in [-0.2, 0) is 21.3 Å². The Hall–Kier alpha value is -3.44. The summed E-state index contributed by atoms with van der Waals surface area (Å²) in [6, 6.07) is 13.8. The smallest absolute Gasteiger partial charge is 0.430 e. The zero-order valence-electron chi connectivity index (χ0n) is 21.3. The van der Waals surface area contributed by atoms with E-state index in [2.05, 4.69) is 27.5 Å². The molecule has 1 amide bonds. The van der Waals surface area contributed by atoms with E-state index in [1.54, 1.807) is 27.7 Å². The van der Waals surface area contributed by atoms with E-state index in [0.29, 0.717) is 15.6 Å². The molecule has 0 saturated carbocycles. The summed E-state index contributed by atoms with van der Waals surface area (Å²) in [6.45, 7) is 8.95. The van der Waals surface area contributed by atoms with Crippen LogP contribution in [0, 0.1) is 12.7 Å². The van der Waals surface area contributed by atoms with Gasteiger partial charge in [-0.25, -0.2) is 17.6 Å². The molecule has 1 aliphatic rings. The van der Waals surface area contributed by atoms with Crippen molar-refractivity contribution in [3.63, 3.8) is 0 Å². The minimum Gasteiger partial charge on any atom is -0.443 e. The van der Waals surface area contributed by atoms with Gasteiger partial charge in [0.05, 0.1) is 0 Å². The van der Waals surface area contributed by atoms with Crippen LogP contribution in [0.2, 0.25) is 0 Å². The van der Waals surface area contributed by atoms with Crippen LogP contribution in [0.1, 0.15) is 38.3 Å². The molecule has 2 aromatic carbocycles. The molecule has 4 rings (SSSR count). The number of nitrogens with zero attached hydrogens (tertiary/aromatic N) is 3. The normalized spacial score (nSPS) is 16.5. The van der Waals surface area contributed by atoms with E-state index in [1.165, 1.54) is 17.7 Å². The molecule has 37 heavy (non-hydrogen) atoms. The first kappa shape index (κ1) is 26.6. The Morgan fingerprint density at radius 2 is 1.97 bits per heavy atom. The number of aromatic nitrogens is 1. The molecule has 0 spiro atoms. The Bertz CT molecular complexity index is 1340. The molecule has 3 aromatic rings. The predicted molar refractivity (Wildman–Crippen MR) is 137 cm³/mol. The Labute approximate surface area is 216 Å². The molecular formula is C26H31FN4O5S. The van der Waals surface area contributed by atoms with Crippen molar-refractivity contribution in [2.75, 3.05) is 22.7 Å². The third kappa shape index (κ3) is 6.28. The highest BCUT2D eigenvalue weighted by molar-refractivity contribution is 7.93. The highest BCUT2D eigenvalue weighted by Gasteiger charge is 2.38. The molecule has 0 unspecified atom stereocenters. The Morgan fingerprint density at radius 3 is 2.62 bits per heavy atom. The maximum absolute atomic E-state index is 15.3. The minimum absolute atomic E-state index is 0.0812. The lowest BCUT2D eigenvalue weighted by Crippen LogP contribution is -2.41. The van der Waals surface area contributed by atoms with Gasteiger partial charge in [-0.2, -0.15) is 0 Å². The van der Waals surface area contributed by atoms with E-state index in [9.17, 15) is 13.2 Å². The molecule has 0 radical (unpaired) electrons. The van der Waals surface area contributed by atoms with Crippen molar-refractivity contribution in [3.8, 4) is 0 Å². The van der Waals surface area contributed by atoms with Gasteiger partial charge in [0.1, 0.15) is 22.6 Å². The molecule has 1 atom stereocenters. The molecule has 2 heterocycles. The predicted octanol–water partition coefficient (Wildman–Crippen LogP) is 4.94. The largest absolute Gasteiger partial charge is 0.443 e. The third-order valence-corrected chi connectivity index (χ3v) is 7.56. The van der Waals surface area contributed by atoms with Crippen molar-refractivity contribution < 1.29 is 26.9 Å². The molecule has 198 valence electrons. The van der Waals surface area contributed by atoms with Crippen molar-refractivity contribution in [2.24, 2.45) is 0 Å². The highest BCUT2D eigenvalue weighted by atomic mass is 32.2. The van der Waals surface area contributed by atoms with Crippen LogP contribution in [0.25, 0.3) is 0 Å². The number of nitrogens with one attached hydrogen (secondary N) is 1. The van der Waals surface area contributed by atoms with Gasteiger partial charge in [-0.1, -0.05) is 35.5 Å². The van der Waals surface area contributed by atoms with Gasteiger partial charge in [0, 0.05) is 37.4 Å². The number of aryl methyl sites for hydroxylation is 1. The summed E-state index contributed by atoms with van der Waals surface area (Å²) in [5.41, 5.74) is 1.24. The van der Waals surface area contributed by atoms with Crippen LogP contribution in [0.5, 0.6) is 0 Å². The minimum atomic E-state index is -4.71. The summed E-state index contributed by atoms with van der Waals surface area (Å²) < 4.78 is 52.6. The fourth-order valence-corrected chi connectivity index (χ4v) is 5.59. The number of carbonyl (C=O) groups excluding carboxylic acids is 1. The molecule has 1 fully saturated rings. The maximum Gasteiger partial charge on any atom is 0.430 e. The number of carbonyl (C=O) groups is 1. The van der Waals surface area contributed by atoms with Crippen LogP contribution >= 0.6 is 0 Å². The fraction of sp³-hybridized carbons (Fsp3) is 0.385. The van der Waals surface area contributed by atoms with E-state index >= 15 is 4.39 Å². The standard InChI is InChI=1S/C26H31FN4O5S/c1-18-14-23(37(33,34)31(24-11-13-35-29-24)25(32)36-26(2,3)4)21(27)15-22(18)28-20-10-12-30(17-20)16-19-8-6-5-7-9-19/h5-9,11,13-15,20,28H,10,12,16-17H2,1-4H3/t20-/m0/s1. The molecule has 9 nitrogen and oxygen atoms in total. The van der Waals surface area contributed by atoms with Crippen LogP contribution in [0.4, 0.5) is 20.7 Å². The maximum atomic E-state index is 15.3.